The summed E-state index contributed by atoms with van der Waals surface area (Å²) in [6, 6.07) is 9.14. The van der Waals surface area contributed by atoms with E-state index < -0.39 is 0 Å². The molecular formula is C12H12N2O2S. The Morgan fingerprint density at radius 2 is 2.29 bits per heavy atom. The Labute approximate surface area is 103 Å². The standard InChI is InChI=1S/C12H12N2O2S/c13-12(14-15)10-2-1-3-11(6-10)16-7-9-4-5-17-8-9/h1-6,8,15H,7H2,(H2,13,14). The summed E-state index contributed by atoms with van der Waals surface area (Å²) in [6.45, 7) is 0.517. The molecule has 1 aromatic carbocycles. The lowest BCUT2D eigenvalue weighted by Crippen LogP contribution is -2.12. The van der Waals surface area contributed by atoms with Crippen LogP contribution in [-0.2, 0) is 6.61 Å². The van der Waals surface area contributed by atoms with Crippen LogP contribution in [0.25, 0.3) is 0 Å². The lowest BCUT2D eigenvalue weighted by Gasteiger charge is -2.06. The minimum absolute atomic E-state index is 0.0750. The third-order valence-corrected chi connectivity index (χ3v) is 2.96. The highest BCUT2D eigenvalue weighted by atomic mass is 32.1. The van der Waals surface area contributed by atoms with Gasteiger partial charge in [0.15, 0.2) is 5.84 Å². The molecule has 17 heavy (non-hydrogen) atoms. The van der Waals surface area contributed by atoms with E-state index in [4.69, 9.17) is 15.7 Å². The Bertz CT molecular complexity index is 509. The Morgan fingerprint density at radius 3 is 3.00 bits per heavy atom. The summed E-state index contributed by atoms with van der Waals surface area (Å²) in [5.74, 6) is 0.770. The van der Waals surface area contributed by atoms with E-state index in [2.05, 4.69) is 5.16 Å². The van der Waals surface area contributed by atoms with Crippen molar-refractivity contribution in [1.29, 1.82) is 0 Å². The molecular weight excluding hydrogens is 236 g/mol. The molecule has 0 fully saturated rings. The summed E-state index contributed by atoms with van der Waals surface area (Å²) in [5.41, 5.74) is 7.26. The van der Waals surface area contributed by atoms with Crippen molar-refractivity contribution in [3.63, 3.8) is 0 Å². The molecule has 88 valence electrons. The van der Waals surface area contributed by atoms with Gasteiger partial charge in [-0.3, -0.25) is 0 Å². The molecule has 0 saturated heterocycles. The van der Waals surface area contributed by atoms with Gasteiger partial charge in [-0.1, -0.05) is 17.3 Å². The molecule has 2 rings (SSSR count). The van der Waals surface area contributed by atoms with Crippen molar-refractivity contribution in [3.8, 4) is 5.75 Å². The molecule has 5 heteroatoms. The number of ether oxygens (including phenoxy) is 1. The molecule has 0 atom stereocenters. The van der Waals surface area contributed by atoms with Crippen molar-refractivity contribution in [2.24, 2.45) is 10.9 Å². The van der Waals surface area contributed by atoms with Crippen LogP contribution in [0.5, 0.6) is 5.75 Å². The molecule has 3 N–H and O–H groups in total. The Kier molecular flexibility index (Phi) is 3.62. The second kappa shape index (κ2) is 5.36. The average Bonchev–Trinajstić information content (AvgIpc) is 2.89. The first-order valence-electron chi connectivity index (χ1n) is 5.01. The average molecular weight is 248 g/mol. The summed E-state index contributed by atoms with van der Waals surface area (Å²) in [7, 11) is 0. The van der Waals surface area contributed by atoms with Crippen molar-refractivity contribution in [2.75, 3.05) is 0 Å². The van der Waals surface area contributed by atoms with Crippen molar-refractivity contribution in [3.05, 3.63) is 52.2 Å². The van der Waals surface area contributed by atoms with Gasteiger partial charge in [0, 0.05) is 5.56 Å². The number of nitrogens with zero attached hydrogens (tertiary/aromatic N) is 1. The number of nitrogens with two attached hydrogens (primary N) is 1. The van der Waals surface area contributed by atoms with Crippen molar-refractivity contribution in [2.45, 2.75) is 6.61 Å². The van der Waals surface area contributed by atoms with Gasteiger partial charge in [-0.2, -0.15) is 11.3 Å². The normalized spacial score (nSPS) is 11.4. The van der Waals surface area contributed by atoms with Gasteiger partial charge in [-0.25, -0.2) is 0 Å². The van der Waals surface area contributed by atoms with Gasteiger partial charge in [0.1, 0.15) is 12.4 Å². The van der Waals surface area contributed by atoms with Crippen LogP contribution < -0.4 is 10.5 Å². The number of oxime groups is 1. The maximum absolute atomic E-state index is 8.58. The molecule has 0 spiro atoms. The van der Waals surface area contributed by atoms with Crippen molar-refractivity contribution in [1.82, 2.24) is 0 Å². The van der Waals surface area contributed by atoms with E-state index in [-0.39, 0.29) is 5.84 Å². The van der Waals surface area contributed by atoms with E-state index in [0.29, 0.717) is 17.9 Å². The van der Waals surface area contributed by atoms with Crippen LogP contribution >= 0.6 is 11.3 Å². The first-order valence-corrected chi connectivity index (χ1v) is 5.95. The number of hydrogen-bond acceptors (Lipinski definition) is 4. The van der Waals surface area contributed by atoms with Crippen LogP contribution in [0.15, 0.2) is 46.2 Å². The molecule has 0 aliphatic rings. The molecule has 0 bridgehead atoms. The van der Waals surface area contributed by atoms with E-state index in [1.807, 2.05) is 22.9 Å². The summed E-state index contributed by atoms with van der Waals surface area (Å²) < 4.78 is 5.60. The minimum Gasteiger partial charge on any atom is -0.489 e. The SMILES string of the molecule is N/C(=N\O)c1cccc(OCc2ccsc2)c1. The van der Waals surface area contributed by atoms with Crippen molar-refractivity contribution >= 4 is 17.2 Å². The van der Waals surface area contributed by atoms with Gasteiger partial charge in [0.05, 0.1) is 0 Å². The molecule has 1 heterocycles. The maximum Gasteiger partial charge on any atom is 0.170 e. The summed E-state index contributed by atoms with van der Waals surface area (Å²) in [5, 5.41) is 15.6. The third-order valence-electron chi connectivity index (χ3n) is 2.22. The number of hydrogen-bond donors (Lipinski definition) is 2. The first kappa shape index (κ1) is 11.5. The van der Waals surface area contributed by atoms with Gasteiger partial charge in [-0.05, 0) is 34.5 Å². The van der Waals surface area contributed by atoms with Crippen molar-refractivity contribution < 1.29 is 9.94 Å². The summed E-state index contributed by atoms with van der Waals surface area (Å²) in [6.07, 6.45) is 0. The fourth-order valence-electron chi connectivity index (χ4n) is 1.34. The highest BCUT2D eigenvalue weighted by Gasteiger charge is 2.01. The molecule has 0 radical (unpaired) electrons. The van der Waals surface area contributed by atoms with E-state index in [1.165, 1.54) is 0 Å². The topological polar surface area (TPSA) is 67.8 Å². The molecule has 0 aliphatic heterocycles. The van der Waals surface area contributed by atoms with Gasteiger partial charge in [0.2, 0.25) is 0 Å². The largest absolute Gasteiger partial charge is 0.489 e. The zero-order valence-corrected chi connectivity index (χ0v) is 9.85. The fraction of sp³-hybridized carbons (Fsp3) is 0.0833. The molecule has 0 saturated carbocycles. The highest BCUT2D eigenvalue weighted by Crippen LogP contribution is 2.16. The second-order valence-electron chi connectivity index (χ2n) is 3.43. The summed E-state index contributed by atoms with van der Waals surface area (Å²) in [4.78, 5) is 0. The molecule has 0 amide bonds. The van der Waals surface area contributed by atoms with E-state index in [1.54, 1.807) is 29.5 Å². The third kappa shape index (κ3) is 2.98. The second-order valence-corrected chi connectivity index (χ2v) is 4.21. The van der Waals surface area contributed by atoms with E-state index in [0.717, 1.165) is 5.56 Å². The van der Waals surface area contributed by atoms with Gasteiger partial charge < -0.3 is 15.7 Å². The van der Waals surface area contributed by atoms with Crippen LogP contribution in [0.3, 0.4) is 0 Å². The summed E-state index contributed by atoms with van der Waals surface area (Å²) >= 11 is 1.63. The number of thiophene rings is 1. The Balaban J connectivity index is 2.06. The van der Waals surface area contributed by atoms with E-state index >= 15 is 0 Å². The molecule has 2 aromatic rings. The number of amidine groups is 1. The van der Waals surface area contributed by atoms with Crippen LogP contribution in [-0.4, -0.2) is 11.0 Å². The molecule has 1 aromatic heterocycles. The smallest absolute Gasteiger partial charge is 0.170 e. The van der Waals surface area contributed by atoms with Gasteiger partial charge in [-0.15, -0.1) is 0 Å². The zero-order chi connectivity index (χ0) is 12.1. The zero-order valence-electron chi connectivity index (χ0n) is 9.04. The predicted molar refractivity (Wildman–Crippen MR) is 67.6 cm³/mol. The fourth-order valence-corrected chi connectivity index (χ4v) is 2.00. The molecule has 4 nitrogen and oxygen atoms in total. The predicted octanol–water partition coefficient (Wildman–Crippen LogP) is 2.42. The van der Waals surface area contributed by atoms with Gasteiger partial charge in [0.25, 0.3) is 0 Å². The van der Waals surface area contributed by atoms with Gasteiger partial charge >= 0.3 is 0 Å². The number of benzene rings is 1. The highest BCUT2D eigenvalue weighted by molar-refractivity contribution is 7.07. The lowest BCUT2D eigenvalue weighted by molar-refractivity contribution is 0.306. The minimum atomic E-state index is 0.0750. The quantitative estimate of drug-likeness (QED) is 0.378. The van der Waals surface area contributed by atoms with Crippen LogP contribution in [0.1, 0.15) is 11.1 Å². The molecule has 0 aliphatic carbocycles. The molecule has 0 unspecified atom stereocenters. The van der Waals surface area contributed by atoms with Crippen LogP contribution in [0, 0.1) is 0 Å². The number of rotatable bonds is 4. The van der Waals surface area contributed by atoms with E-state index in [9.17, 15) is 0 Å². The first-order chi connectivity index (χ1) is 8.29. The Morgan fingerprint density at radius 1 is 1.41 bits per heavy atom. The Hall–Kier alpha value is -2.01. The van der Waals surface area contributed by atoms with Crippen LogP contribution in [0.4, 0.5) is 0 Å². The van der Waals surface area contributed by atoms with Crippen LogP contribution in [0.2, 0.25) is 0 Å². The lowest BCUT2D eigenvalue weighted by atomic mass is 10.2. The maximum atomic E-state index is 8.58. The monoisotopic (exact) mass is 248 g/mol.